The molecule has 3 aromatic carbocycles. The summed E-state index contributed by atoms with van der Waals surface area (Å²) in [5.41, 5.74) is 3.02. The first-order chi connectivity index (χ1) is 17.1. The van der Waals surface area contributed by atoms with Crippen LogP contribution in [0.1, 0.15) is 10.4 Å². The van der Waals surface area contributed by atoms with Gasteiger partial charge in [-0.25, -0.2) is 4.68 Å². The van der Waals surface area contributed by atoms with E-state index in [2.05, 4.69) is 5.10 Å². The SMILES string of the molecule is Cn1nc(-c2ccccc2Oc2ccccc2)c(-c2cccc(C(=O)N3CCOCC3)c2)cc1=O. The molecule has 5 rings (SSSR count). The Bertz CT molecular complexity index is 1410. The number of amides is 1. The van der Waals surface area contributed by atoms with Gasteiger partial charge in [-0.1, -0.05) is 42.5 Å². The molecule has 2 heterocycles. The van der Waals surface area contributed by atoms with Crippen LogP contribution in [0.2, 0.25) is 0 Å². The standard InChI is InChI=1S/C28H25N3O4/c1-30-26(32)19-24(20-8-7-9-21(18-20)28(33)31-14-16-34-17-15-31)27(29-30)23-12-5-6-13-25(23)35-22-10-3-2-4-11-22/h2-13,18-19H,14-17H2,1H3. The molecule has 1 amide bonds. The van der Waals surface area contributed by atoms with Crippen molar-refractivity contribution in [3.63, 3.8) is 0 Å². The summed E-state index contributed by atoms with van der Waals surface area (Å²) in [6.45, 7) is 2.19. The van der Waals surface area contributed by atoms with Gasteiger partial charge >= 0.3 is 0 Å². The molecule has 176 valence electrons. The first-order valence-corrected chi connectivity index (χ1v) is 11.5. The number of aryl methyl sites for hydroxylation is 1. The number of morpholine rings is 1. The summed E-state index contributed by atoms with van der Waals surface area (Å²) in [5.74, 6) is 1.26. The normalized spacial score (nSPS) is 13.5. The highest BCUT2D eigenvalue weighted by atomic mass is 16.5. The van der Waals surface area contributed by atoms with Crippen molar-refractivity contribution in [2.75, 3.05) is 26.3 Å². The van der Waals surface area contributed by atoms with E-state index in [1.165, 1.54) is 4.68 Å². The fourth-order valence-corrected chi connectivity index (χ4v) is 4.09. The lowest BCUT2D eigenvalue weighted by atomic mass is 9.97. The summed E-state index contributed by atoms with van der Waals surface area (Å²) in [6, 6.07) is 26.0. The number of hydrogen-bond acceptors (Lipinski definition) is 5. The first-order valence-electron chi connectivity index (χ1n) is 11.5. The van der Waals surface area contributed by atoms with Crippen LogP contribution in [0.5, 0.6) is 11.5 Å². The van der Waals surface area contributed by atoms with E-state index in [9.17, 15) is 9.59 Å². The number of benzene rings is 3. The van der Waals surface area contributed by atoms with Crippen LogP contribution in [0.25, 0.3) is 22.4 Å². The zero-order valence-electron chi connectivity index (χ0n) is 19.4. The fourth-order valence-electron chi connectivity index (χ4n) is 4.09. The first kappa shape index (κ1) is 22.6. The Balaban J connectivity index is 1.59. The summed E-state index contributed by atoms with van der Waals surface area (Å²) >= 11 is 0. The molecule has 7 nitrogen and oxygen atoms in total. The van der Waals surface area contributed by atoms with Crippen molar-refractivity contribution in [3.05, 3.63) is 101 Å². The molecule has 0 radical (unpaired) electrons. The number of ether oxygens (including phenoxy) is 2. The number of para-hydroxylation sites is 2. The van der Waals surface area contributed by atoms with Gasteiger partial charge in [-0.2, -0.15) is 5.10 Å². The highest BCUT2D eigenvalue weighted by molar-refractivity contribution is 5.96. The van der Waals surface area contributed by atoms with Crippen LogP contribution in [0.4, 0.5) is 0 Å². The van der Waals surface area contributed by atoms with Crippen molar-refractivity contribution in [3.8, 4) is 33.9 Å². The van der Waals surface area contributed by atoms with Crippen LogP contribution >= 0.6 is 0 Å². The lowest BCUT2D eigenvalue weighted by Crippen LogP contribution is -2.40. The minimum Gasteiger partial charge on any atom is -0.457 e. The molecule has 4 aromatic rings. The number of hydrogen-bond donors (Lipinski definition) is 0. The Morgan fingerprint density at radius 2 is 1.63 bits per heavy atom. The minimum absolute atomic E-state index is 0.0543. The van der Waals surface area contributed by atoms with E-state index >= 15 is 0 Å². The number of aromatic nitrogens is 2. The van der Waals surface area contributed by atoms with Gasteiger partial charge in [-0.3, -0.25) is 9.59 Å². The lowest BCUT2D eigenvalue weighted by molar-refractivity contribution is 0.0303. The van der Waals surface area contributed by atoms with Gasteiger partial charge in [0.1, 0.15) is 17.2 Å². The average molecular weight is 468 g/mol. The number of carbonyl (C=O) groups excluding carboxylic acids is 1. The second-order valence-corrected chi connectivity index (χ2v) is 8.27. The molecule has 1 aliphatic heterocycles. The third-order valence-corrected chi connectivity index (χ3v) is 5.92. The Morgan fingerprint density at radius 3 is 2.43 bits per heavy atom. The van der Waals surface area contributed by atoms with Crippen LogP contribution < -0.4 is 10.3 Å². The number of nitrogens with zero attached hydrogens (tertiary/aromatic N) is 3. The number of carbonyl (C=O) groups is 1. The van der Waals surface area contributed by atoms with Crippen molar-refractivity contribution < 1.29 is 14.3 Å². The molecule has 7 heteroatoms. The van der Waals surface area contributed by atoms with Crippen molar-refractivity contribution in [2.45, 2.75) is 0 Å². The maximum atomic E-state index is 13.1. The molecule has 35 heavy (non-hydrogen) atoms. The summed E-state index contributed by atoms with van der Waals surface area (Å²) in [7, 11) is 1.62. The van der Waals surface area contributed by atoms with Crippen LogP contribution in [0, 0.1) is 0 Å². The topological polar surface area (TPSA) is 73.7 Å². The van der Waals surface area contributed by atoms with Gasteiger partial charge in [0.2, 0.25) is 0 Å². The van der Waals surface area contributed by atoms with Gasteiger partial charge in [-0.05, 0) is 42.0 Å². The summed E-state index contributed by atoms with van der Waals surface area (Å²) in [6.07, 6.45) is 0. The molecule has 0 bridgehead atoms. The Labute approximate surface area is 203 Å². The van der Waals surface area contributed by atoms with Crippen molar-refractivity contribution >= 4 is 5.91 Å². The third-order valence-electron chi connectivity index (χ3n) is 5.92. The van der Waals surface area contributed by atoms with E-state index in [1.807, 2.05) is 72.8 Å². The zero-order chi connectivity index (χ0) is 24.2. The number of rotatable bonds is 5. The van der Waals surface area contributed by atoms with Gasteiger partial charge < -0.3 is 14.4 Å². The maximum absolute atomic E-state index is 13.1. The van der Waals surface area contributed by atoms with Gasteiger partial charge in [0, 0.05) is 42.9 Å². The molecule has 0 aliphatic carbocycles. The molecule has 0 atom stereocenters. The molecule has 0 unspecified atom stereocenters. The van der Waals surface area contributed by atoms with Crippen molar-refractivity contribution in [1.29, 1.82) is 0 Å². The maximum Gasteiger partial charge on any atom is 0.267 e. The van der Waals surface area contributed by atoms with E-state index in [0.29, 0.717) is 54.6 Å². The summed E-state index contributed by atoms with van der Waals surface area (Å²) < 4.78 is 12.8. The molecule has 1 aliphatic rings. The smallest absolute Gasteiger partial charge is 0.267 e. The molecule has 0 N–H and O–H groups in total. The minimum atomic E-state index is -0.241. The predicted molar refractivity (Wildman–Crippen MR) is 134 cm³/mol. The average Bonchev–Trinajstić information content (AvgIpc) is 2.91. The van der Waals surface area contributed by atoms with E-state index in [0.717, 1.165) is 11.1 Å². The van der Waals surface area contributed by atoms with Crippen molar-refractivity contribution in [2.24, 2.45) is 7.05 Å². The van der Waals surface area contributed by atoms with E-state index in [-0.39, 0.29) is 11.5 Å². The fraction of sp³-hybridized carbons (Fsp3) is 0.179. The van der Waals surface area contributed by atoms with Gasteiger partial charge in [0.05, 0.1) is 13.2 Å². The molecule has 0 spiro atoms. The molecule has 1 saturated heterocycles. The highest BCUT2D eigenvalue weighted by Crippen LogP contribution is 2.37. The quantitative estimate of drug-likeness (QED) is 0.436. The third kappa shape index (κ3) is 4.85. The molecular formula is C28H25N3O4. The molecule has 0 saturated carbocycles. The van der Waals surface area contributed by atoms with E-state index < -0.39 is 0 Å². The highest BCUT2D eigenvalue weighted by Gasteiger charge is 2.21. The monoisotopic (exact) mass is 467 g/mol. The van der Waals surface area contributed by atoms with Gasteiger partial charge in [0.25, 0.3) is 11.5 Å². The Morgan fingerprint density at radius 1 is 0.886 bits per heavy atom. The Kier molecular flexibility index (Phi) is 6.41. The molecule has 1 aromatic heterocycles. The van der Waals surface area contributed by atoms with Crippen LogP contribution in [0.15, 0.2) is 89.7 Å². The van der Waals surface area contributed by atoms with Crippen molar-refractivity contribution in [1.82, 2.24) is 14.7 Å². The van der Waals surface area contributed by atoms with Crippen LogP contribution in [-0.4, -0.2) is 46.9 Å². The largest absolute Gasteiger partial charge is 0.457 e. The lowest BCUT2D eigenvalue weighted by Gasteiger charge is -2.27. The van der Waals surface area contributed by atoms with Gasteiger partial charge in [-0.15, -0.1) is 0 Å². The van der Waals surface area contributed by atoms with E-state index in [4.69, 9.17) is 9.47 Å². The van der Waals surface area contributed by atoms with Crippen LogP contribution in [0.3, 0.4) is 0 Å². The summed E-state index contributed by atoms with van der Waals surface area (Å²) in [5, 5.41) is 4.60. The van der Waals surface area contributed by atoms with Crippen LogP contribution in [-0.2, 0) is 11.8 Å². The Hall–Kier alpha value is -4.23. The van der Waals surface area contributed by atoms with E-state index in [1.54, 1.807) is 24.1 Å². The molecule has 1 fully saturated rings. The second kappa shape index (κ2) is 9.95. The summed E-state index contributed by atoms with van der Waals surface area (Å²) in [4.78, 5) is 27.5. The van der Waals surface area contributed by atoms with Gasteiger partial charge in [0.15, 0.2) is 0 Å². The second-order valence-electron chi connectivity index (χ2n) is 8.27. The molecular weight excluding hydrogens is 442 g/mol. The predicted octanol–water partition coefficient (Wildman–Crippen LogP) is 4.38. The zero-order valence-corrected chi connectivity index (χ0v) is 19.4.